The largest absolute Gasteiger partial charge is 0.298 e. The van der Waals surface area contributed by atoms with Gasteiger partial charge in [-0.1, -0.05) is 30.3 Å². The lowest BCUT2D eigenvalue weighted by Crippen LogP contribution is -1.82. The van der Waals surface area contributed by atoms with Gasteiger partial charge in [0.05, 0.1) is 6.33 Å². The third-order valence-electron chi connectivity index (χ3n) is 1.56. The smallest absolute Gasteiger partial charge is 0.150 e. The van der Waals surface area contributed by atoms with Crippen molar-refractivity contribution in [1.29, 1.82) is 0 Å². The van der Waals surface area contributed by atoms with Crippen molar-refractivity contribution in [3.63, 3.8) is 0 Å². The minimum atomic E-state index is 0.521. The summed E-state index contributed by atoms with van der Waals surface area (Å²) in [7, 11) is 0. The first-order valence-corrected chi connectivity index (χ1v) is 3.66. The Morgan fingerprint density at radius 3 is 2.42 bits per heavy atom. The SMILES string of the molecule is O=Cc1ccc(CC=CF)cc1. The number of rotatable bonds is 3. The zero-order valence-electron chi connectivity index (χ0n) is 6.53. The first-order chi connectivity index (χ1) is 5.86. The highest BCUT2D eigenvalue weighted by Gasteiger charge is 1.90. The van der Waals surface area contributed by atoms with Crippen molar-refractivity contribution in [3.05, 3.63) is 47.8 Å². The third kappa shape index (κ3) is 2.31. The zero-order chi connectivity index (χ0) is 8.81. The highest BCUT2D eigenvalue weighted by atomic mass is 19.1. The summed E-state index contributed by atoms with van der Waals surface area (Å²) in [6.45, 7) is 0. The maximum atomic E-state index is 11.6. The molecule has 0 atom stereocenters. The van der Waals surface area contributed by atoms with E-state index in [-0.39, 0.29) is 0 Å². The summed E-state index contributed by atoms with van der Waals surface area (Å²) in [5.41, 5.74) is 1.64. The molecular formula is C10H9FO. The summed E-state index contributed by atoms with van der Waals surface area (Å²) >= 11 is 0. The molecule has 0 spiro atoms. The molecule has 0 amide bonds. The second-order valence-electron chi connectivity index (χ2n) is 2.43. The molecule has 0 saturated carbocycles. The maximum Gasteiger partial charge on any atom is 0.150 e. The van der Waals surface area contributed by atoms with Crippen LogP contribution in [-0.4, -0.2) is 6.29 Å². The van der Waals surface area contributed by atoms with Crippen molar-refractivity contribution in [2.45, 2.75) is 6.42 Å². The van der Waals surface area contributed by atoms with Crippen LogP contribution in [0.5, 0.6) is 0 Å². The number of halogens is 1. The Kier molecular flexibility index (Phi) is 3.20. The number of carbonyl (C=O) groups is 1. The van der Waals surface area contributed by atoms with Crippen LogP contribution in [-0.2, 0) is 6.42 Å². The fourth-order valence-corrected chi connectivity index (χ4v) is 0.913. The summed E-state index contributed by atoms with van der Waals surface area (Å²) in [5, 5.41) is 0. The molecule has 0 N–H and O–H groups in total. The Morgan fingerprint density at radius 1 is 1.25 bits per heavy atom. The van der Waals surface area contributed by atoms with E-state index < -0.39 is 0 Å². The normalized spacial score (nSPS) is 10.4. The number of carbonyl (C=O) groups excluding carboxylic acids is 1. The molecule has 1 aromatic carbocycles. The van der Waals surface area contributed by atoms with E-state index in [2.05, 4.69) is 0 Å². The van der Waals surface area contributed by atoms with Crippen LogP contribution < -0.4 is 0 Å². The fourth-order valence-electron chi connectivity index (χ4n) is 0.913. The lowest BCUT2D eigenvalue weighted by Gasteiger charge is -1.94. The van der Waals surface area contributed by atoms with Gasteiger partial charge < -0.3 is 0 Å². The molecule has 1 rings (SSSR count). The average molecular weight is 164 g/mol. The van der Waals surface area contributed by atoms with Crippen molar-refractivity contribution in [2.75, 3.05) is 0 Å². The second kappa shape index (κ2) is 4.44. The van der Waals surface area contributed by atoms with Crippen molar-refractivity contribution < 1.29 is 9.18 Å². The molecule has 2 heteroatoms. The Hall–Kier alpha value is -1.44. The number of aldehydes is 1. The van der Waals surface area contributed by atoms with Crippen LogP contribution in [0, 0.1) is 0 Å². The number of allylic oxidation sites excluding steroid dienone is 1. The molecule has 0 fully saturated rings. The van der Waals surface area contributed by atoms with E-state index in [1.54, 1.807) is 12.1 Å². The van der Waals surface area contributed by atoms with Crippen LogP contribution in [0.1, 0.15) is 15.9 Å². The molecule has 1 aromatic rings. The van der Waals surface area contributed by atoms with Crippen LogP contribution in [0.4, 0.5) is 4.39 Å². The van der Waals surface area contributed by atoms with E-state index in [0.29, 0.717) is 18.3 Å². The van der Waals surface area contributed by atoms with Crippen molar-refractivity contribution in [3.8, 4) is 0 Å². The van der Waals surface area contributed by atoms with Gasteiger partial charge in [0.1, 0.15) is 6.29 Å². The number of hydrogen-bond acceptors (Lipinski definition) is 1. The summed E-state index contributed by atoms with van der Waals surface area (Å²) in [6, 6.07) is 7.05. The van der Waals surface area contributed by atoms with E-state index in [4.69, 9.17) is 0 Å². The molecule has 0 heterocycles. The first kappa shape index (κ1) is 8.65. The highest BCUT2D eigenvalue weighted by Crippen LogP contribution is 2.03. The lowest BCUT2D eigenvalue weighted by molar-refractivity contribution is 0.112. The topological polar surface area (TPSA) is 17.1 Å². The van der Waals surface area contributed by atoms with Crippen LogP contribution in [0.3, 0.4) is 0 Å². The minimum Gasteiger partial charge on any atom is -0.298 e. The van der Waals surface area contributed by atoms with E-state index >= 15 is 0 Å². The van der Waals surface area contributed by atoms with E-state index in [1.165, 1.54) is 6.08 Å². The maximum absolute atomic E-state index is 11.6. The minimum absolute atomic E-state index is 0.521. The Morgan fingerprint density at radius 2 is 1.92 bits per heavy atom. The molecule has 0 aliphatic carbocycles. The first-order valence-electron chi connectivity index (χ1n) is 3.66. The van der Waals surface area contributed by atoms with E-state index in [1.807, 2.05) is 12.1 Å². The summed E-state index contributed by atoms with van der Waals surface area (Å²) in [4.78, 5) is 10.3. The monoisotopic (exact) mass is 164 g/mol. The fraction of sp³-hybridized carbons (Fsp3) is 0.100. The van der Waals surface area contributed by atoms with Crippen LogP contribution in [0.25, 0.3) is 0 Å². The van der Waals surface area contributed by atoms with Gasteiger partial charge in [-0.25, -0.2) is 4.39 Å². The third-order valence-corrected chi connectivity index (χ3v) is 1.56. The van der Waals surface area contributed by atoms with Gasteiger partial charge in [-0.2, -0.15) is 0 Å². The average Bonchev–Trinajstić information content (AvgIpc) is 2.15. The van der Waals surface area contributed by atoms with Crippen LogP contribution >= 0.6 is 0 Å². The van der Waals surface area contributed by atoms with Crippen molar-refractivity contribution in [1.82, 2.24) is 0 Å². The molecule has 0 saturated heterocycles. The van der Waals surface area contributed by atoms with Gasteiger partial charge >= 0.3 is 0 Å². The van der Waals surface area contributed by atoms with Gasteiger partial charge in [0, 0.05) is 5.56 Å². The molecule has 0 unspecified atom stereocenters. The van der Waals surface area contributed by atoms with Gasteiger partial charge in [-0.3, -0.25) is 4.79 Å². The molecule has 62 valence electrons. The van der Waals surface area contributed by atoms with Gasteiger partial charge in [-0.15, -0.1) is 0 Å². The number of benzene rings is 1. The van der Waals surface area contributed by atoms with Gasteiger partial charge in [0.2, 0.25) is 0 Å². The Bertz CT molecular complexity index is 274. The summed E-state index contributed by atoms with van der Waals surface area (Å²) < 4.78 is 11.6. The second-order valence-corrected chi connectivity index (χ2v) is 2.43. The predicted octanol–water partition coefficient (Wildman–Crippen LogP) is 2.52. The highest BCUT2D eigenvalue weighted by molar-refractivity contribution is 5.74. The quantitative estimate of drug-likeness (QED) is 0.627. The van der Waals surface area contributed by atoms with Gasteiger partial charge in [-0.05, 0) is 12.0 Å². The van der Waals surface area contributed by atoms with E-state index in [9.17, 15) is 9.18 Å². The van der Waals surface area contributed by atoms with Crippen LogP contribution in [0.15, 0.2) is 36.7 Å². The predicted molar refractivity (Wildman–Crippen MR) is 45.8 cm³/mol. The molecule has 0 aliphatic rings. The van der Waals surface area contributed by atoms with Crippen molar-refractivity contribution in [2.24, 2.45) is 0 Å². The van der Waals surface area contributed by atoms with Gasteiger partial charge in [0.25, 0.3) is 0 Å². The van der Waals surface area contributed by atoms with Crippen molar-refractivity contribution >= 4 is 6.29 Å². The molecule has 0 bridgehead atoms. The molecule has 0 aliphatic heterocycles. The standard InChI is InChI=1S/C10H9FO/c11-7-1-2-9-3-5-10(8-12)6-4-9/h1,3-8H,2H2. The van der Waals surface area contributed by atoms with Crippen LogP contribution in [0.2, 0.25) is 0 Å². The summed E-state index contributed by atoms with van der Waals surface area (Å²) in [5.74, 6) is 0. The molecule has 0 radical (unpaired) electrons. The van der Waals surface area contributed by atoms with E-state index in [0.717, 1.165) is 11.8 Å². The molecular weight excluding hydrogens is 155 g/mol. The molecule has 12 heavy (non-hydrogen) atoms. The number of hydrogen-bond donors (Lipinski definition) is 0. The lowest BCUT2D eigenvalue weighted by atomic mass is 10.1. The Balaban J connectivity index is 2.70. The molecule has 0 aromatic heterocycles. The zero-order valence-corrected chi connectivity index (χ0v) is 6.53. The molecule has 1 nitrogen and oxygen atoms in total. The van der Waals surface area contributed by atoms with Gasteiger partial charge in [0.15, 0.2) is 0 Å². The Labute approximate surface area is 70.5 Å². The summed E-state index contributed by atoms with van der Waals surface area (Å²) in [6.07, 6.45) is 3.30.